The highest BCUT2D eigenvalue weighted by Gasteiger charge is 2.22. The van der Waals surface area contributed by atoms with Crippen molar-refractivity contribution in [2.75, 3.05) is 12.4 Å². The first kappa shape index (κ1) is 21.7. The number of anilines is 1. The number of amides is 2. The van der Waals surface area contributed by atoms with E-state index >= 15 is 0 Å². The van der Waals surface area contributed by atoms with Gasteiger partial charge in [0.05, 0.1) is 12.0 Å². The van der Waals surface area contributed by atoms with E-state index in [2.05, 4.69) is 15.6 Å². The summed E-state index contributed by atoms with van der Waals surface area (Å²) in [5.74, 6) is -0.599. The second kappa shape index (κ2) is 9.18. The quantitative estimate of drug-likeness (QED) is 0.568. The van der Waals surface area contributed by atoms with Crippen molar-refractivity contribution in [3.05, 3.63) is 70.7 Å². The summed E-state index contributed by atoms with van der Waals surface area (Å²) < 4.78 is 57.3. The fourth-order valence-electron chi connectivity index (χ4n) is 2.49. The largest absolute Gasteiger partial charge is 0.497 e. The van der Waals surface area contributed by atoms with E-state index in [0.29, 0.717) is 22.6 Å². The summed E-state index contributed by atoms with van der Waals surface area (Å²) in [6.45, 7) is 0.0517. The third-order valence-corrected chi connectivity index (χ3v) is 6.40. The lowest BCUT2D eigenvalue weighted by Crippen LogP contribution is -2.28. The van der Waals surface area contributed by atoms with Gasteiger partial charge in [0, 0.05) is 6.54 Å². The number of urea groups is 1. The lowest BCUT2D eigenvalue weighted by atomic mass is 10.2. The van der Waals surface area contributed by atoms with Crippen LogP contribution in [0.1, 0.15) is 11.3 Å². The molecule has 1 aromatic heterocycles. The monoisotopic (exact) mass is 453 g/mol. The maximum absolute atomic E-state index is 14.2. The number of nitrogens with zero attached hydrogens (tertiary/aromatic N) is 1. The number of rotatable bonds is 7. The van der Waals surface area contributed by atoms with E-state index in [1.807, 2.05) is 0 Å². The average Bonchev–Trinajstić information content (AvgIpc) is 3.04. The number of carbonyl (C=O) groups excluding carboxylic acids is 1. The maximum atomic E-state index is 14.2. The molecule has 0 aliphatic carbocycles. The summed E-state index contributed by atoms with van der Waals surface area (Å²) in [5, 5.41) is 3.92. The Kier molecular flexibility index (Phi) is 6.63. The van der Waals surface area contributed by atoms with Gasteiger partial charge in [-0.25, -0.2) is 22.6 Å². The third-order valence-electron chi connectivity index (χ3n) is 3.96. The summed E-state index contributed by atoms with van der Waals surface area (Å²) >= 11 is 0.515. The van der Waals surface area contributed by atoms with E-state index in [4.69, 9.17) is 4.74 Å². The maximum Gasteiger partial charge on any atom is 0.321 e. The number of hydrogen-bond acceptors (Lipinski definition) is 6. The molecular weight excluding hydrogens is 436 g/mol. The topological polar surface area (TPSA) is 97.4 Å². The molecule has 0 fully saturated rings. The van der Waals surface area contributed by atoms with Crippen molar-refractivity contribution in [3.63, 3.8) is 0 Å². The number of thiazole rings is 1. The highest BCUT2D eigenvalue weighted by atomic mass is 32.2. The minimum Gasteiger partial charge on any atom is -0.497 e. The molecule has 0 atom stereocenters. The van der Waals surface area contributed by atoms with Crippen molar-refractivity contribution < 1.29 is 26.7 Å². The Morgan fingerprint density at radius 2 is 1.90 bits per heavy atom. The molecule has 2 N–H and O–H groups in total. The highest BCUT2D eigenvalue weighted by Crippen LogP contribution is 2.26. The molecule has 2 aromatic carbocycles. The molecule has 0 aliphatic heterocycles. The second-order valence-electron chi connectivity index (χ2n) is 6.11. The molecule has 0 saturated heterocycles. The Hall–Kier alpha value is -3.05. The number of halogens is 2. The zero-order valence-corrected chi connectivity index (χ0v) is 17.3. The van der Waals surface area contributed by atoms with E-state index in [-0.39, 0.29) is 22.3 Å². The number of benzene rings is 2. The fourth-order valence-corrected chi connectivity index (χ4v) is 4.56. The van der Waals surface area contributed by atoms with E-state index in [9.17, 15) is 22.0 Å². The molecule has 158 valence electrons. The van der Waals surface area contributed by atoms with Crippen LogP contribution < -0.4 is 15.4 Å². The Labute approximate surface area is 175 Å². The summed E-state index contributed by atoms with van der Waals surface area (Å²) in [7, 11) is -2.39. The lowest BCUT2D eigenvalue weighted by molar-refractivity contribution is 0.251. The Morgan fingerprint density at radius 3 is 2.57 bits per heavy atom. The molecule has 0 bridgehead atoms. The molecule has 11 heteroatoms. The summed E-state index contributed by atoms with van der Waals surface area (Å²) in [6, 6.07) is 10.7. The zero-order chi connectivity index (χ0) is 21.7. The predicted octanol–water partition coefficient (Wildman–Crippen LogP) is 3.73. The van der Waals surface area contributed by atoms with Crippen LogP contribution in [0.25, 0.3) is 0 Å². The van der Waals surface area contributed by atoms with Crippen molar-refractivity contribution in [1.82, 2.24) is 10.3 Å². The van der Waals surface area contributed by atoms with Gasteiger partial charge in [0.1, 0.15) is 23.0 Å². The first-order valence-corrected chi connectivity index (χ1v) is 11.0. The smallest absolute Gasteiger partial charge is 0.321 e. The number of aromatic nitrogens is 1. The fraction of sp³-hybridized carbons (Fsp3) is 0.158. The first-order chi connectivity index (χ1) is 14.3. The van der Waals surface area contributed by atoms with Gasteiger partial charge in [0.15, 0.2) is 15.0 Å². The van der Waals surface area contributed by atoms with Gasteiger partial charge in [-0.15, -0.1) is 0 Å². The van der Waals surface area contributed by atoms with E-state index in [1.54, 1.807) is 6.07 Å². The number of methoxy groups -OCH3 is 1. The summed E-state index contributed by atoms with van der Waals surface area (Å²) in [5.41, 5.74) is 0.248. The van der Waals surface area contributed by atoms with E-state index < -0.39 is 32.6 Å². The van der Waals surface area contributed by atoms with E-state index in [0.717, 1.165) is 0 Å². The molecule has 30 heavy (non-hydrogen) atoms. The van der Waals surface area contributed by atoms with Crippen LogP contribution in [-0.4, -0.2) is 26.5 Å². The molecule has 2 amide bonds. The highest BCUT2D eigenvalue weighted by molar-refractivity contribution is 7.90. The minimum atomic E-state index is -3.84. The van der Waals surface area contributed by atoms with Crippen LogP contribution in [0, 0.1) is 10.9 Å². The zero-order valence-electron chi connectivity index (χ0n) is 15.7. The van der Waals surface area contributed by atoms with Gasteiger partial charge in [-0.05, 0) is 42.0 Å². The van der Waals surface area contributed by atoms with Crippen LogP contribution in [0.2, 0.25) is 0 Å². The Balaban J connectivity index is 1.63. The molecule has 0 spiro atoms. The average molecular weight is 453 g/mol. The molecule has 3 aromatic rings. The van der Waals surface area contributed by atoms with Crippen LogP contribution in [0.4, 0.5) is 18.7 Å². The molecule has 7 nitrogen and oxygen atoms in total. The van der Waals surface area contributed by atoms with Crippen molar-refractivity contribution in [2.24, 2.45) is 0 Å². The summed E-state index contributed by atoms with van der Waals surface area (Å²) in [6.07, 6.45) is 0. The van der Waals surface area contributed by atoms with Crippen LogP contribution in [0.15, 0.2) is 53.4 Å². The Bertz CT molecular complexity index is 1150. The molecule has 0 unspecified atom stereocenters. The molecule has 0 saturated carbocycles. The van der Waals surface area contributed by atoms with Crippen LogP contribution in [0.3, 0.4) is 0 Å². The van der Waals surface area contributed by atoms with Crippen molar-refractivity contribution in [1.29, 1.82) is 0 Å². The van der Waals surface area contributed by atoms with Crippen LogP contribution >= 0.6 is 11.3 Å². The summed E-state index contributed by atoms with van der Waals surface area (Å²) in [4.78, 5) is 15.8. The number of hydrogen-bond donors (Lipinski definition) is 2. The van der Waals surface area contributed by atoms with Crippen LogP contribution in [-0.2, 0) is 22.1 Å². The van der Waals surface area contributed by atoms with Crippen molar-refractivity contribution >= 4 is 32.3 Å². The van der Waals surface area contributed by atoms with Crippen molar-refractivity contribution in [2.45, 2.75) is 17.2 Å². The SMILES string of the molecule is COc1ccc(S(=O)(=O)Cc2nc(NC(=O)NCc3cccc(F)c3)sc2F)cc1. The van der Waals surface area contributed by atoms with Crippen LogP contribution in [0.5, 0.6) is 5.75 Å². The van der Waals surface area contributed by atoms with Gasteiger partial charge in [0.2, 0.25) is 5.13 Å². The molecule has 0 aliphatic rings. The van der Waals surface area contributed by atoms with E-state index in [1.165, 1.54) is 49.6 Å². The van der Waals surface area contributed by atoms with Gasteiger partial charge < -0.3 is 10.1 Å². The molecule has 3 rings (SSSR count). The number of ether oxygens (including phenoxy) is 1. The second-order valence-corrected chi connectivity index (χ2v) is 9.05. The third kappa shape index (κ3) is 5.51. The normalized spacial score (nSPS) is 11.2. The van der Waals surface area contributed by atoms with Gasteiger partial charge in [-0.2, -0.15) is 4.39 Å². The minimum absolute atomic E-state index is 0.00181. The Morgan fingerprint density at radius 1 is 1.17 bits per heavy atom. The van der Waals surface area contributed by atoms with Gasteiger partial charge in [-0.1, -0.05) is 23.5 Å². The predicted molar refractivity (Wildman–Crippen MR) is 108 cm³/mol. The number of sulfone groups is 1. The van der Waals surface area contributed by atoms with Gasteiger partial charge in [-0.3, -0.25) is 5.32 Å². The molecule has 1 heterocycles. The molecular formula is C19H17F2N3O4S2. The van der Waals surface area contributed by atoms with Gasteiger partial charge >= 0.3 is 6.03 Å². The van der Waals surface area contributed by atoms with Gasteiger partial charge in [0.25, 0.3) is 0 Å². The number of nitrogens with one attached hydrogen (secondary N) is 2. The standard InChI is InChI=1S/C19H17F2N3O4S2/c1-28-14-5-7-15(8-6-14)30(26,27)11-16-17(21)29-19(23-16)24-18(25)22-10-12-3-2-4-13(20)9-12/h2-9H,10-11H2,1H3,(H2,22,23,24,25). The molecule has 0 radical (unpaired) electrons. The van der Waals surface area contributed by atoms with Crippen molar-refractivity contribution in [3.8, 4) is 5.75 Å². The first-order valence-electron chi connectivity index (χ1n) is 8.58. The number of carbonyl (C=O) groups is 1. The lowest BCUT2D eigenvalue weighted by Gasteiger charge is -2.06.